The van der Waals surface area contributed by atoms with Crippen LogP contribution in [0.5, 0.6) is 0 Å². The number of para-hydroxylation sites is 5. The number of hydrogen-bond acceptors (Lipinski definition) is 2. The summed E-state index contributed by atoms with van der Waals surface area (Å²) in [6.07, 6.45) is 8.88. The van der Waals surface area contributed by atoms with E-state index in [1.54, 1.807) is 11.1 Å². The number of nitrogens with zero attached hydrogens (tertiary/aromatic N) is 4. The Morgan fingerprint density at radius 2 is 1.02 bits per heavy atom. The van der Waals surface area contributed by atoms with Crippen LogP contribution in [0.2, 0.25) is 0 Å². The number of rotatable bonds is 4. The van der Waals surface area contributed by atoms with E-state index in [1.165, 1.54) is 81.9 Å². The van der Waals surface area contributed by atoms with Gasteiger partial charge in [0.2, 0.25) is 0 Å². The summed E-state index contributed by atoms with van der Waals surface area (Å²) in [5.74, 6) is 3.26. The van der Waals surface area contributed by atoms with E-state index in [1.807, 2.05) is 12.3 Å². The Kier molecular flexibility index (Phi) is 6.97. The van der Waals surface area contributed by atoms with Crippen LogP contribution in [0.25, 0.3) is 66.2 Å². The number of anilines is 3. The monoisotopic (exact) mass is 784 g/mol. The van der Waals surface area contributed by atoms with Gasteiger partial charge >= 0.3 is 0 Å². The summed E-state index contributed by atoms with van der Waals surface area (Å²) in [7, 11) is 0. The van der Waals surface area contributed by atoms with Gasteiger partial charge in [-0.25, -0.2) is 4.98 Å². The lowest BCUT2D eigenvalue weighted by Crippen LogP contribution is -2.57. The minimum absolute atomic E-state index is 0.0962. The molecule has 1 aliphatic heterocycles. The number of aromatic nitrogens is 3. The fraction of sp³-hybridized carbons (Fsp3) is 0.175. The highest BCUT2D eigenvalue weighted by molar-refractivity contribution is 6.11. The third kappa shape index (κ3) is 4.57. The first-order chi connectivity index (χ1) is 30.2. The predicted molar refractivity (Wildman–Crippen MR) is 251 cm³/mol. The van der Waals surface area contributed by atoms with E-state index in [0.717, 1.165) is 57.2 Å². The summed E-state index contributed by atoms with van der Waals surface area (Å²) >= 11 is 0. The Bertz CT molecular complexity index is 3290. The second kappa shape index (κ2) is 12.6. The average molecular weight is 785 g/mol. The first-order valence-corrected chi connectivity index (χ1v) is 22.3. The molecule has 292 valence electrons. The van der Waals surface area contributed by atoms with Gasteiger partial charge in [0.1, 0.15) is 5.65 Å². The van der Waals surface area contributed by atoms with Crippen LogP contribution in [0.3, 0.4) is 0 Å². The molecule has 61 heavy (non-hydrogen) atoms. The second-order valence-electron chi connectivity index (χ2n) is 18.4. The largest absolute Gasteiger partial charge is 0.310 e. The number of pyridine rings is 1. The van der Waals surface area contributed by atoms with E-state index < -0.39 is 0 Å². The Morgan fingerprint density at radius 3 is 1.75 bits per heavy atom. The average Bonchev–Trinajstić information content (AvgIpc) is 3.83. The normalized spacial score (nSPS) is 20.9. The molecule has 0 atom stereocenters. The van der Waals surface area contributed by atoms with Crippen LogP contribution in [0.1, 0.15) is 43.2 Å². The van der Waals surface area contributed by atoms with Crippen molar-refractivity contribution in [3.63, 3.8) is 0 Å². The van der Waals surface area contributed by atoms with E-state index in [4.69, 9.17) is 4.98 Å². The van der Waals surface area contributed by atoms with Crippen molar-refractivity contribution in [2.45, 2.75) is 37.5 Å². The first-order valence-electron chi connectivity index (χ1n) is 22.3. The van der Waals surface area contributed by atoms with Crippen molar-refractivity contribution < 1.29 is 0 Å². The molecule has 4 heteroatoms. The molecule has 0 unspecified atom stereocenters. The van der Waals surface area contributed by atoms with Crippen LogP contribution in [0.15, 0.2) is 182 Å². The van der Waals surface area contributed by atoms with Gasteiger partial charge in [0.15, 0.2) is 0 Å². The van der Waals surface area contributed by atoms with Crippen LogP contribution in [0.4, 0.5) is 17.1 Å². The van der Waals surface area contributed by atoms with E-state index in [2.05, 4.69) is 184 Å². The van der Waals surface area contributed by atoms with Crippen LogP contribution in [-0.2, 0) is 5.41 Å². The van der Waals surface area contributed by atoms with Crippen LogP contribution < -0.4 is 4.90 Å². The fourth-order valence-corrected chi connectivity index (χ4v) is 13.5. The van der Waals surface area contributed by atoms with E-state index in [9.17, 15) is 0 Å². The quantitative estimate of drug-likeness (QED) is 0.178. The molecule has 4 heterocycles. The molecule has 4 fully saturated rings. The number of benzene rings is 7. The van der Waals surface area contributed by atoms with Crippen molar-refractivity contribution in [1.82, 2.24) is 14.1 Å². The molecule has 4 aliphatic carbocycles. The Hall–Kier alpha value is -6.91. The van der Waals surface area contributed by atoms with Crippen molar-refractivity contribution in [2.75, 3.05) is 4.90 Å². The summed E-state index contributed by atoms with van der Waals surface area (Å²) in [6, 6.07) is 65.8. The first kappa shape index (κ1) is 33.9. The zero-order valence-corrected chi connectivity index (χ0v) is 34.0. The molecule has 0 amide bonds. The summed E-state index contributed by atoms with van der Waals surface area (Å²) in [5, 5.41) is 4.90. The third-order valence-corrected chi connectivity index (χ3v) is 15.5. The Morgan fingerprint density at radius 1 is 0.426 bits per heavy atom. The van der Waals surface area contributed by atoms with E-state index in [-0.39, 0.29) is 5.41 Å². The Balaban J connectivity index is 0.929. The molecule has 0 saturated heterocycles. The van der Waals surface area contributed by atoms with Crippen molar-refractivity contribution in [1.29, 1.82) is 0 Å². The molecule has 3 aromatic heterocycles. The van der Waals surface area contributed by atoms with Crippen LogP contribution in [-0.4, -0.2) is 14.1 Å². The standard InChI is InChI=1S/C57H44N4/c1-6-21-50(61-52-23-8-2-16-44(52)46-18-12-28-58-56(46)61)43(15-1)38-13-11-14-41(34-38)59-51-22-7-3-17-45(51)47-35-42(26-27-53(47)59)60-54-24-9-4-19-48(54)57(49-20-5-10-25-55(49)60)39-30-36-29-37(32-39)33-40(57)31-36/h1-28,34-37,39-40H,29-33H2/t36-,37+,39-,40+. The molecule has 4 bridgehead atoms. The topological polar surface area (TPSA) is 26.0 Å². The van der Waals surface area contributed by atoms with E-state index >= 15 is 0 Å². The molecule has 4 nitrogen and oxygen atoms in total. The van der Waals surface area contributed by atoms with Gasteiger partial charge in [-0.2, -0.15) is 0 Å². The molecular weight excluding hydrogens is 741 g/mol. The summed E-state index contributed by atoms with van der Waals surface area (Å²) in [6.45, 7) is 0. The second-order valence-corrected chi connectivity index (χ2v) is 18.4. The molecule has 15 rings (SSSR count). The van der Waals surface area contributed by atoms with Crippen molar-refractivity contribution in [2.24, 2.45) is 23.7 Å². The lowest BCUT2D eigenvalue weighted by atomic mass is 9.41. The van der Waals surface area contributed by atoms with Gasteiger partial charge in [0.05, 0.1) is 33.6 Å². The summed E-state index contributed by atoms with van der Waals surface area (Å²) < 4.78 is 4.79. The summed E-state index contributed by atoms with van der Waals surface area (Å²) in [5.41, 5.74) is 16.3. The predicted octanol–water partition coefficient (Wildman–Crippen LogP) is 14.5. The number of hydrogen-bond donors (Lipinski definition) is 0. The van der Waals surface area contributed by atoms with Gasteiger partial charge in [0.25, 0.3) is 0 Å². The van der Waals surface area contributed by atoms with Crippen molar-refractivity contribution in [3.05, 3.63) is 193 Å². The zero-order chi connectivity index (χ0) is 39.8. The maximum atomic E-state index is 4.92. The highest BCUT2D eigenvalue weighted by Crippen LogP contribution is 2.69. The lowest BCUT2D eigenvalue weighted by molar-refractivity contribution is -0.0419. The minimum Gasteiger partial charge on any atom is -0.310 e. The van der Waals surface area contributed by atoms with Gasteiger partial charge < -0.3 is 9.47 Å². The highest BCUT2D eigenvalue weighted by Gasteiger charge is 2.61. The lowest BCUT2D eigenvalue weighted by Gasteiger charge is -2.64. The molecule has 5 aliphatic rings. The van der Waals surface area contributed by atoms with Gasteiger partial charge in [-0.05, 0) is 145 Å². The van der Waals surface area contributed by atoms with Crippen LogP contribution >= 0.6 is 0 Å². The van der Waals surface area contributed by atoms with Crippen molar-refractivity contribution in [3.8, 4) is 22.5 Å². The van der Waals surface area contributed by atoms with Gasteiger partial charge in [-0.3, -0.25) is 4.57 Å². The maximum absolute atomic E-state index is 4.92. The molecule has 7 aromatic carbocycles. The van der Waals surface area contributed by atoms with E-state index in [0.29, 0.717) is 0 Å². The van der Waals surface area contributed by atoms with Gasteiger partial charge in [-0.1, -0.05) is 103 Å². The molecule has 4 saturated carbocycles. The molecule has 0 N–H and O–H groups in total. The third-order valence-electron chi connectivity index (χ3n) is 15.5. The fourth-order valence-electron chi connectivity index (χ4n) is 13.5. The van der Waals surface area contributed by atoms with Crippen molar-refractivity contribution >= 4 is 60.8 Å². The molecule has 1 spiro atoms. The SMILES string of the molecule is c1cc(-c2ccccc2-n2c3ccccc3c3cccnc32)cc(-n2c3ccccc3c3cc(N4c5ccccc5C5(c6ccccc64)[C@H]4C[C@@H]6C[C@@H](C[C@H]5C6)C4)ccc32)c1. The zero-order valence-electron chi connectivity index (χ0n) is 34.0. The smallest absolute Gasteiger partial charge is 0.145 e. The minimum atomic E-state index is 0.0962. The number of fused-ring (bicyclic) bond motifs is 8. The summed E-state index contributed by atoms with van der Waals surface area (Å²) in [4.78, 5) is 7.51. The van der Waals surface area contributed by atoms with Gasteiger partial charge in [0, 0.05) is 50.1 Å². The van der Waals surface area contributed by atoms with Crippen LogP contribution in [0, 0.1) is 23.7 Å². The highest BCUT2D eigenvalue weighted by atomic mass is 15.2. The molecular formula is C57H44N4. The maximum Gasteiger partial charge on any atom is 0.145 e. The molecule has 10 aromatic rings. The molecule has 0 radical (unpaired) electrons. The Labute approximate surface area is 355 Å². The van der Waals surface area contributed by atoms with Gasteiger partial charge in [-0.15, -0.1) is 0 Å².